The fourth-order valence-corrected chi connectivity index (χ4v) is 2.63. The van der Waals surface area contributed by atoms with E-state index < -0.39 is 5.97 Å². The number of hydrogen-bond acceptors (Lipinski definition) is 4. The van der Waals surface area contributed by atoms with E-state index in [0.717, 1.165) is 38.9 Å². The third kappa shape index (κ3) is 3.63. The van der Waals surface area contributed by atoms with E-state index in [2.05, 4.69) is 4.90 Å². The highest BCUT2D eigenvalue weighted by Crippen LogP contribution is 2.23. The third-order valence-electron chi connectivity index (χ3n) is 3.95. The number of benzene rings is 1. The summed E-state index contributed by atoms with van der Waals surface area (Å²) in [5.41, 5.74) is 7.73. The quantitative estimate of drug-likeness (QED) is 0.800. The zero-order valence-corrected chi connectivity index (χ0v) is 11.8. The molecule has 0 saturated carbocycles. The molecule has 0 spiro atoms. The summed E-state index contributed by atoms with van der Waals surface area (Å²) in [4.78, 5) is 13.2. The Morgan fingerprint density at radius 3 is 2.70 bits per heavy atom. The molecule has 1 aromatic carbocycles. The number of carbonyl (C=O) groups is 1. The molecule has 3 N–H and O–H groups in total. The summed E-state index contributed by atoms with van der Waals surface area (Å²) in [6.45, 7) is 2.67. The predicted octanol–water partition coefficient (Wildman–Crippen LogP) is 1.62. The van der Waals surface area contributed by atoms with Crippen LogP contribution in [0.5, 0.6) is 5.75 Å². The van der Waals surface area contributed by atoms with Crippen LogP contribution in [0.25, 0.3) is 0 Å². The van der Waals surface area contributed by atoms with Crippen LogP contribution in [0, 0.1) is 5.92 Å². The largest absolute Gasteiger partial charge is 0.495 e. The average molecular weight is 278 g/mol. The van der Waals surface area contributed by atoms with Crippen molar-refractivity contribution in [3.8, 4) is 5.75 Å². The summed E-state index contributed by atoms with van der Waals surface area (Å²) in [6.07, 6.45) is 2.42. The van der Waals surface area contributed by atoms with Gasteiger partial charge in [0.1, 0.15) is 5.75 Å². The van der Waals surface area contributed by atoms with Gasteiger partial charge in [-0.05, 0) is 50.0 Å². The standard InChI is InChI=1S/C15H22N2O3/c1-20-14-3-2-11(10-13(14)16)4-7-17-8-5-12(6-9-17)15(18)19/h2-3,10,12H,4-9,16H2,1H3,(H,18,19). The number of nitrogens with zero attached hydrogens (tertiary/aromatic N) is 1. The van der Waals surface area contributed by atoms with E-state index in [0.29, 0.717) is 11.4 Å². The maximum Gasteiger partial charge on any atom is 0.306 e. The second-order valence-electron chi connectivity index (χ2n) is 5.28. The molecule has 20 heavy (non-hydrogen) atoms. The molecule has 110 valence electrons. The van der Waals surface area contributed by atoms with Crippen molar-refractivity contribution >= 4 is 11.7 Å². The van der Waals surface area contributed by atoms with Gasteiger partial charge in [0.15, 0.2) is 0 Å². The van der Waals surface area contributed by atoms with Gasteiger partial charge in [-0.3, -0.25) is 4.79 Å². The first-order valence-electron chi connectivity index (χ1n) is 6.97. The number of rotatable bonds is 5. The lowest BCUT2D eigenvalue weighted by Gasteiger charge is -2.29. The van der Waals surface area contributed by atoms with Crippen LogP contribution in [0.4, 0.5) is 5.69 Å². The summed E-state index contributed by atoms with van der Waals surface area (Å²) in [5.74, 6) is -0.119. The van der Waals surface area contributed by atoms with Gasteiger partial charge in [-0.15, -0.1) is 0 Å². The number of likely N-dealkylation sites (tertiary alicyclic amines) is 1. The Bertz CT molecular complexity index is 468. The van der Waals surface area contributed by atoms with Crippen LogP contribution in [0.3, 0.4) is 0 Å². The smallest absolute Gasteiger partial charge is 0.306 e. The van der Waals surface area contributed by atoms with Crippen molar-refractivity contribution in [2.75, 3.05) is 32.5 Å². The van der Waals surface area contributed by atoms with E-state index in [1.165, 1.54) is 5.56 Å². The van der Waals surface area contributed by atoms with Crippen LogP contribution in [0.2, 0.25) is 0 Å². The van der Waals surface area contributed by atoms with Crippen molar-refractivity contribution in [1.82, 2.24) is 4.90 Å². The fourth-order valence-electron chi connectivity index (χ4n) is 2.63. The molecule has 0 atom stereocenters. The molecule has 0 bridgehead atoms. The van der Waals surface area contributed by atoms with Crippen molar-refractivity contribution < 1.29 is 14.6 Å². The van der Waals surface area contributed by atoms with Crippen molar-refractivity contribution in [1.29, 1.82) is 0 Å². The Morgan fingerprint density at radius 2 is 2.15 bits per heavy atom. The zero-order chi connectivity index (χ0) is 14.5. The summed E-state index contributed by atoms with van der Waals surface area (Å²) >= 11 is 0. The SMILES string of the molecule is COc1ccc(CCN2CCC(C(=O)O)CC2)cc1N. The molecule has 0 amide bonds. The third-order valence-corrected chi connectivity index (χ3v) is 3.95. The molecular formula is C15H22N2O3. The first-order chi connectivity index (χ1) is 9.60. The lowest BCUT2D eigenvalue weighted by Crippen LogP contribution is -2.37. The number of piperidine rings is 1. The predicted molar refractivity (Wildman–Crippen MR) is 77.9 cm³/mol. The van der Waals surface area contributed by atoms with Gasteiger partial charge < -0.3 is 20.5 Å². The Morgan fingerprint density at radius 1 is 1.45 bits per heavy atom. The van der Waals surface area contributed by atoms with E-state index in [9.17, 15) is 4.79 Å². The maximum absolute atomic E-state index is 10.9. The van der Waals surface area contributed by atoms with Gasteiger partial charge in [-0.25, -0.2) is 0 Å². The van der Waals surface area contributed by atoms with Crippen molar-refractivity contribution in [2.45, 2.75) is 19.3 Å². The van der Waals surface area contributed by atoms with Crippen LogP contribution in [-0.2, 0) is 11.2 Å². The lowest BCUT2D eigenvalue weighted by molar-refractivity contribution is -0.143. The summed E-state index contributed by atoms with van der Waals surface area (Å²) < 4.78 is 5.14. The molecule has 1 heterocycles. The molecule has 2 rings (SSSR count). The highest BCUT2D eigenvalue weighted by molar-refractivity contribution is 5.70. The fraction of sp³-hybridized carbons (Fsp3) is 0.533. The lowest BCUT2D eigenvalue weighted by atomic mass is 9.97. The molecule has 1 aliphatic rings. The van der Waals surface area contributed by atoms with Crippen LogP contribution in [-0.4, -0.2) is 42.7 Å². The van der Waals surface area contributed by atoms with Crippen molar-refractivity contribution in [2.24, 2.45) is 5.92 Å². The number of hydrogen-bond donors (Lipinski definition) is 2. The van der Waals surface area contributed by atoms with Crippen LogP contribution < -0.4 is 10.5 Å². The topological polar surface area (TPSA) is 75.8 Å². The zero-order valence-electron chi connectivity index (χ0n) is 11.8. The molecule has 0 aliphatic carbocycles. The van der Waals surface area contributed by atoms with Crippen molar-refractivity contribution in [3.63, 3.8) is 0 Å². The maximum atomic E-state index is 10.9. The number of ether oxygens (including phenoxy) is 1. The van der Waals surface area contributed by atoms with Crippen LogP contribution in [0.1, 0.15) is 18.4 Å². The highest BCUT2D eigenvalue weighted by Gasteiger charge is 2.23. The minimum Gasteiger partial charge on any atom is -0.495 e. The van der Waals surface area contributed by atoms with Crippen LogP contribution in [0.15, 0.2) is 18.2 Å². The number of carboxylic acid groups (broad SMARTS) is 1. The van der Waals surface area contributed by atoms with Gasteiger partial charge in [-0.2, -0.15) is 0 Å². The number of anilines is 1. The van der Waals surface area contributed by atoms with E-state index in [1.807, 2.05) is 18.2 Å². The molecule has 1 fully saturated rings. The first-order valence-corrected chi connectivity index (χ1v) is 6.97. The van der Waals surface area contributed by atoms with E-state index >= 15 is 0 Å². The molecule has 0 unspecified atom stereocenters. The Kier molecular flexibility index (Phi) is 4.84. The monoisotopic (exact) mass is 278 g/mol. The number of nitrogens with two attached hydrogens (primary N) is 1. The number of methoxy groups -OCH3 is 1. The molecule has 0 aromatic heterocycles. The second kappa shape index (κ2) is 6.61. The van der Waals surface area contributed by atoms with Gasteiger partial charge >= 0.3 is 5.97 Å². The van der Waals surface area contributed by atoms with Crippen LogP contribution >= 0.6 is 0 Å². The molecule has 5 nitrogen and oxygen atoms in total. The summed E-state index contributed by atoms with van der Waals surface area (Å²) in [7, 11) is 1.61. The van der Waals surface area contributed by atoms with Gasteiger partial charge in [0.2, 0.25) is 0 Å². The van der Waals surface area contributed by atoms with E-state index in [1.54, 1.807) is 7.11 Å². The normalized spacial score (nSPS) is 17.1. The molecule has 1 aliphatic heterocycles. The van der Waals surface area contributed by atoms with Gasteiger partial charge in [0.25, 0.3) is 0 Å². The Labute approximate surface area is 119 Å². The number of nitrogen functional groups attached to an aromatic ring is 1. The summed E-state index contributed by atoms with van der Waals surface area (Å²) in [6, 6.07) is 5.86. The molecule has 0 radical (unpaired) electrons. The highest BCUT2D eigenvalue weighted by atomic mass is 16.5. The minimum atomic E-state index is -0.660. The van der Waals surface area contributed by atoms with E-state index in [-0.39, 0.29) is 5.92 Å². The molecule has 5 heteroatoms. The van der Waals surface area contributed by atoms with E-state index in [4.69, 9.17) is 15.6 Å². The number of carboxylic acids is 1. The minimum absolute atomic E-state index is 0.164. The van der Waals surface area contributed by atoms with Crippen molar-refractivity contribution in [3.05, 3.63) is 23.8 Å². The van der Waals surface area contributed by atoms with Gasteiger partial charge in [-0.1, -0.05) is 6.07 Å². The van der Waals surface area contributed by atoms with Gasteiger partial charge in [0, 0.05) is 6.54 Å². The summed E-state index contributed by atoms with van der Waals surface area (Å²) in [5, 5.41) is 8.97. The number of aliphatic carboxylic acids is 1. The molecule has 1 saturated heterocycles. The first kappa shape index (κ1) is 14.7. The van der Waals surface area contributed by atoms with Gasteiger partial charge in [0.05, 0.1) is 18.7 Å². The average Bonchev–Trinajstić information content (AvgIpc) is 2.45. The second-order valence-corrected chi connectivity index (χ2v) is 5.28. The Balaban J connectivity index is 1.81. The molecular weight excluding hydrogens is 256 g/mol. The Hall–Kier alpha value is -1.75. The molecule has 1 aromatic rings.